The van der Waals surface area contributed by atoms with E-state index in [1.807, 2.05) is 30.3 Å². The number of hydrogen-bond donors (Lipinski definition) is 1. The number of phenolic OH excluding ortho intramolecular Hbond substituents is 1. The van der Waals surface area contributed by atoms with Gasteiger partial charge in [0.15, 0.2) is 5.78 Å². The highest BCUT2D eigenvalue weighted by Gasteiger charge is 2.46. The van der Waals surface area contributed by atoms with Crippen LogP contribution in [0.2, 0.25) is 0 Å². The van der Waals surface area contributed by atoms with Gasteiger partial charge in [0.2, 0.25) is 5.78 Å². The van der Waals surface area contributed by atoms with Crippen molar-refractivity contribution < 1.29 is 24.2 Å². The van der Waals surface area contributed by atoms with Crippen LogP contribution in [0, 0.1) is 5.92 Å². The molecular formula is C24H16O5. The van der Waals surface area contributed by atoms with Crippen LogP contribution < -0.4 is 4.74 Å². The Morgan fingerprint density at radius 3 is 2.28 bits per heavy atom. The number of ketones is 2. The summed E-state index contributed by atoms with van der Waals surface area (Å²) < 4.78 is 5.57. The monoisotopic (exact) mass is 384 g/mol. The molecule has 0 unspecified atom stereocenters. The SMILES string of the molecule is O=C1c2cccc(O)c2C(=O)c2c(OC(=O)[C@H]3C[C@H]3c3ccccc3)cccc21. The van der Waals surface area contributed by atoms with Gasteiger partial charge in [0.25, 0.3) is 0 Å². The van der Waals surface area contributed by atoms with Gasteiger partial charge in [0.05, 0.1) is 17.0 Å². The zero-order valence-corrected chi connectivity index (χ0v) is 15.3. The fraction of sp³-hybridized carbons (Fsp3) is 0.125. The summed E-state index contributed by atoms with van der Waals surface area (Å²) in [5.74, 6) is -1.70. The Hall–Kier alpha value is -3.73. The fourth-order valence-corrected chi connectivity index (χ4v) is 3.99. The molecule has 2 aliphatic carbocycles. The Kier molecular flexibility index (Phi) is 3.84. The largest absolute Gasteiger partial charge is 0.507 e. The first-order valence-electron chi connectivity index (χ1n) is 9.37. The topological polar surface area (TPSA) is 80.7 Å². The third-order valence-corrected chi connectivity index (χ3v) is 5.54. The number of fused-ring (bicyclic) bond motifs is 2. The smallest absolute Gasteiger partial charge is 0.314 e. The van der Waals surface area contributed by atoms with E-state index >= 15 is 0 Å². The Morgan fingerprint density at radius 2 is 1.52 bits per heavy atom. The summed E-state index contributed by atoms with van der Waals surface area (Å²) in [5, 5.41) is 10.1. The number of ether oxygens (including phenoxy) is 1. The van der Waals surface area contributed by atoms with Crippen LogP contribution in [0.25, 0.3) is 0 Å². The van der Waals surface area contributed by atoms with E-state index in [4.69, 9.17) is 4.74 Å². The second-order valence-electron chi connectivity index (χ2n) is 7.32. The summed E-state index contributed by atoms with van der Waals surface area (Å²) in [5.41, 5.74) is 1.37. The molecule has 0 spiro atoms. The summed E-state index contributed by atoms with van der Waals surface area (Å²) in [6.07, 6.45) is 0.689. The number of aromatic hydroxyl groups is 1. The van der Waals surface area contributed by atoms with Crippen molar-refractivity contribution in [1.82, 2.24) is 0 Å². The van der Waals surface area contributed by atoms with E-state index < -0.39 is 11.8 Å². The van der Waals surface area contributed by atoms with Gasteiger partial charge in [-0.15, -0.1) is 0 Å². The van der Waals surface area contributed by atoms with Gasteiger partial charge in [-0.25, -0.2) is 0 Å². The van der Waals surface area contributed by atoms with Crippen LogP contribution >= 0.6 is 0 Å². The van der Waals surface area contributed by atoms with Gasteiger partial charge in [-0.05, 0) is 30.0 Å². The molecule has 3 aromatic rings. The number of benzene rings is 3. The standard InChI is InChI=1S/C24H16O5/c25-18-10-4-8-14-20(18)23(27)21-15(22(14)26)9-5-11-19(21)29-24(28)17-12-16(17)13-6-2-1-3-7-13/h1-11,16-17,25H,12H2/t16-,17-/m0/s1. The first-order chi connectivity index (χ1) is 14.1. The van der Waals surface area contributed by atoms with Crippen LogP contribution in [0.5, 0.6) is 11.5 Å². The summed E-state index contributed by atoms with van der Waals surface area (Å²) in [6.45, 7) is 0. The van der Waals surface area contributed by atoms with Crippen molar-refractivity contribution in [3.8, 4) is 11.5 Å². The van der Waals surface area contributed by atoms with Gasteiger partial charge < -0.3 is 9.84 Å². The molecule has 5 rings (SSSR count). The number of hydrogen-bond acceptors (Lipinski definition) is 5. The fourth-order valence-electron chi connectivity index (χ4n) is 3.99. The number of esters is 1. The average Bonchev–Trinajstić information content (AvgIpc) is 3.53. The highest BCUT2D eigenvalue weighted by Crippen LogP contribution is 2.48. The lowest BCUT2D eigenvalue weighted by Gasteiger charge is -2.20. The van der Waals surface area contributed by atoms with Crippen molar-refractivity contribution in [2.75, 3.05) is 0 Å². The second-order valence-corrected chi connectivity index (χ2v) is 7.32. The van der Waals surface area contributed by atoms with E-state index in [1.54, 1.807) is 6.07 Å². The Morgan fingerprint density at radius 1 is 0.828 bits per heavy atom. The van der Waals surface area contributed by atoms with Crippen molar-refractivity contribution in [2.24, 2.45) is 5.92 Å². The van der Waals surface area contributed by atoms with Crippen molar-refractivity contribution in [1.29, 1.82) is 0 Å². The van der Waals surface area contributed by atoms with Crippen molar-refractivity contribution >= 4 is 17.5 Å². The summed E-state index contributed by atoms with van der Waals surface area (Å²) >= 11 is 0. The Bertz CT molecular complexity index is 1180. The minimum absolute atomic E-state index is 0.0248. The van der Waals surface area contributed by atoms with Gasteiger partial charge in [0.1, 0.15) is 11.5 Å². The maximum atomic E-state index is 13.0. The zero-order chi connectivity index (χ0) is 20.1. The van der Waals surface area contributed by atoms with Crippen LogP contribution in [-0.2, 0) is 4.79 Å². The molecule has 2 atom stereocenters. The van der Waals surface area contributed by atoms with Crippen LogP contribution in [0.1, 0.15) is 49.7 Å². The summed E-state index contributed by atoms with van der Waals surface area (Å²) in [6, 6.07) is 18.7. The molecule has 0 heterocycles. The van der Waals surface area contributed by atoms with Gasteiger partial charge in [-0.3, -0.25) is 14.4 Å². The lowest BCUT2D eigenvalue weighted by molar-refractivity contribution is -0.135. The Labute approximate surface area is 166 Å². The minimum atomic E-state index is -0.522. The summed E-state index contributed by atoms with van der Waals surface area (Å²) in [7, 11) is 0. The highest BCUT2D eigenvalue weighted by atomic mass is 16.5. The third kappa shape index (κ3) is 2.74. The van der Waals surface area contributed by atoms with Gasteiger partial charge in [0, 0.05) is 11.1 Å². The molecule has 0 saturated heterocycles. The molecule has 1 fully saturated rings. The molecule has 1 N–H and O–H groups in total. The zero-order valence-electron chi connectivity index (χ0n) is 15.3. The van der Waals surface area contributed by atoms with Crippen LogP contribution in [0.4, 0.5) is 0 Å². The highest BCUT2D eigenvalue weighted by molar-refractivity contribution is 6.30. The number of rotatable bonds is 3. The van der Waals surface area contributed by atoms with E-state index in [-0.39, 0.29) is 51.4 Å². The molecule has 0 amide bonds. The molecule has 0 aromatic heterocycles. The van der Waals surface area contributed by atoms with Gasteiger partial charge in [-0.2, -0.15) is 0 Å². The summed E-state index contributed by atoms with van der Waals surface area (Å²) in [4.78, 5) is 38.5. The lowest BCUT2D eigenvalue weighted by Crippen LogP contribution is -2.23. The van der Waals surface area contributed by atoms with Crippen molar-refractivity contribution in [3.05, 3.63) is 94.5 Å². The molecule has 0 bridgehead atoms. The predicted octanol–water partition coefficient (Wildman–Crippen LogP) is 3.88. The van der Waals surface area contributed by atoms with Crippen LogP contribution in [-0.4, -0.2) is 22.6 Å². The van der Waals surface area contributed by atoms with E-state index in [2.05, 4.69) is 0 Å². The number of carbonyl (C=O) groups is 3. The van der Waals surface area contributed by atoms with E-state index in [0.29, 0.717) is 6.42 Å². The average molecular weight is 384 g/mol. The molecule has 0 radical (unpaired) electrons. The molecule has 5 heteroatoms. The maximum Gasteiger partial charge on any atom is 0.314 e. The first-order valence-corrected chi connectivity index (χ1v) is 9.37. The normalized spacial score (nSPS) is 19.3. The number of phenols is 1. The number of carbonyl (C=O) groups excluding carboxylic acids is 3. The Balaban J connectivity index is 1.47. The minimum Gasteiger partial charge on any atom is -0.507 e. The molecule has 5 nitrogen and oxygen atoms in total. The molecule has 1 saturated carbocycles. The van der Waals surface area contributed by atoms with E-state index in [9.17, 15) is 19.5 Å². The van der Waals surface area contributed by atoms with Crippen LogP contribution in [0.15, 0.2) is 66.7 Å². The molecule has 29 heavy (non-hydrogen) atoms. The molecule has 3 aromatic carbocycles. The van der Waals surface area contributed by atoms with Crippen LogP contribution in [0.3, 0.4) is 0 Å². The molecule has 142 valence electrons. The van der Waals surface area contributed by atoms with E-state index in [1.165, 1.54) is 30.3 Å². The van der Waals surface area contributed by atoms with Crippen molar-refractivity contribution in [2.45, 2.75) is 12.3 Å². The molecule has 2 aliphatic rings. The second kappa shape index (κ2) is 6.41. The lowest BCUT2D eigenvalue weighted by atomic mass is 9.83. The quantitative estimate of drug-likeness (QED) is 0.428. The van der Waals surface area contributed by atoms with Gasteiger partial charge in [-0.1, -0.05) is 54.6 Å². The molecule has 0 aliphatic heterocycles. The van der Waals surface area contributed by atoms with Gasteiger partial charge >= 0.3 is 5.97 Å². The van der Waals surface area contributed by atoms with E-state index in [0.717, 1.165) is 5.56 Å². The predicted molar refractivity (Wildman–Crippen MR) is 104 cm³/mol. The molecular weight excluding hydrogens is 368 g/mol. The maximum absolute atomic E-state index is 13.0. The first kappa shape index (κ1) is 17.4. The third-order valence-electron chi connectivity index (χ3n) is 5.54. The van der Waals surface area contributed by atoms with Crippen molar-refractivity contribution in [3.63, 3.8) is 0 Å².